The maximum Gasteiger partial charge on any atom is 0.238 e. The Morgan fingerprint density at radius 1 is 1.33 bits per heavy atom. The average Bonchev–Trinajstić information content (AvgIpc) is 3.32. The van der Waals surface area contributed by atoms with Crippen LogP contribution in [0, 0.1) is 5.41 Å². The first-order chi connectivity index (χ1) is 11.4. The van der Waals surface area contributed by atoms with Crippen molar-refractivity contribution in [1.82, 2.24) is 15.3 Å². The quantitative estimate of drug-likeness (QED) is 0.854. The normalized spacial score (nSPS) is 23.4. The Bertz CT molecular complexity index is 894. The van der Waals surface area contributed by atoms with Gasteiger partial charge >= 0.3 is 0 Å². The molecule has 3 N–H and O–H groups in total. The number of fused-ring (bicyclic) bond motifs is 1. The molecule has 1 aliphatic carbocycles. The van der Waals surface area contributed by atoms with E-state index in [1.165, 1.54) is 18.9 Å². The zero-order chi connectivity index (χ0) is 16.9. The van der Waals surface area contributed by atoms with E-state index in [1.54, 1.807) is 18.5 Å². The summed E-state index contributed by atoms with van der Waals surface area (Å²) in [4.78, 5) is 11.2. The minimum Gasteiger partial charge on any atom is -0.350 e. The van der Waals surface area contributed by atoms with Gasteiger partial charge in [-0.1, -0.05) is 6.92 Å². The maximum absolute atomic E-state index is 11.7. The van der Waals surface area contributed by atoms with Crippen molar-refractivity contribution in [3.05, 3.63) is 24.5 Å². The molecule has 2 aliphatic rings. The Balaban J connectivity index is 1.85. The van der Waals surface area contributed by atoms with E-state index in [2.05, 4.69) is 27.1 Å². The molecule has 128 valence electrons. The maximum atomic E-state index is 11.7. The molecule has 1 unspecified atom stereocenters. The van der Waals surface area contributed by atoms with E-state index in [0.29, 0.717) is 11.5 Å². The highest BCUT2D eigenvalue weighted by Crippen LogP contribution is 2.51. The SMILES string of the molecule is CC1(C2CNCCN2c2ncnc3ccc(S(N)(=O)=O)cc23)CC1. The van der Waals surface area contributed by atoms with E-state index in [-0.39, 0.29) is 4.90 Å². The van der Waals surface area contributed by atoms with Crippen molar-refractivity contribution in [3.8, 4) is 0 Å². The van der Waals surface area contributed by atoms with Crippen LogP contribution in [0.2, 0.25) is 0 Å². The summed E-state index contributed by atoms with van der Waals surface area (Å²) in [5.74, 6) is 0.796. The lowest BCUT2D eigenvalue weighted by Crippen LogP contribution is -2.55. The number of nitrogens with one attached hydrogen (secondary N) is 1. The highest BCUT2D eigenvalue weighted by molar-refractivity contribution is 7.89. The monoisotopic (exact) mass is 347 g/mol. The fourth-order valence-electron chi connectivity index (χ4n) is 3.54. The molecule has 7 nitrogen and oxygen atoms in total. The first kappa shape index (κ1) is 15.7. The summed E-state index contributed by atoms with van der Waals surface area (Å²) in [6, 6.07) is 5.12. The molecule has 0 bridgehead atoms. The van der Waals surface area contributed by atoms with Gasteiger partial charge in [0.2, 0.25) is 10.0 Å². The summed E-state index contributed by atoms with van der Waals surface area (Å²) in [5, 5.41) is 9.49. The first-order valence-corrected chi connectivity index (χ1v) is 9.68. The van der Waals surface area contributed by atoms with Crippen LogP contribution in [0.1, 0.15) is 19.8 Å². The number of aromatic nitrogens is 2. The zero-order valence-corrected chi connectivity index (χ0v) is 14.4. The average molecular weight is 347 g/mol. The molecule has 2 fully saturated rings. The van der Waals surface area contributed by atoms with E-state index < -0.39 is 10.0 Å². The predicted octanol–water partition coefficient (Wildman–Crippen LogP) is 0.856. The van der Waals surface area contributed by atoms with Crippen LogP contribution in [-0.2, 0) is 10.0 Å². The second-order valence-electron chi connectivity index (χ2n) is 6.99. The number of rotatable bonds is 3. The van der Waals surface area contributed by atoms with Crippen LogP contribution >= 0.6 is 0 Å². The summed E-state index contributed by atoms with van der Waals surface area (Å²) in [6.07, 6.45) is 3.96. The Hall–Kier alpha value is -1.77. The van der Waals surface area contributed by atoms with Gasteiger partial charge in [-0.25, -0.2) is 23.5 Å². The van der Waals surface area contributed by atoms with Crippen molar-refractivity contribution < 1.29 is 8.42 Å². The van der Waals surface area contributed by atoms with Gasteiger partial charge < -0.3 is 10.2 Å². The van der Waals surface area contributed by atoms with Crippen molar-refractivity contribution >= 4 is 26.7 Å². The van der Waals surface area contributed by atoms with Gasteiger partial charge in [0.1, 0.15) is 12.1 Å². The fraction of sp³-hybridized carbons (Fsp3) is 0.500. The van der Waals surface area contributed by atoms with Gasteiger partial charge in [-0.15, -0.1) is 0 Å². The van der Waals surface area contributed by atoms with Gasteiger partial charge in [0, 0.05) is 31.1 Å². The molecule has 0 amide bonds. The molecule has 24 heavy (non-hydrogen) atoms. The van der Waals surface area contributed by atoms with Gasteiger partial charge in [-0.05, 0) is 36.5 Å². The van der Waals surface area contributed by atoms with Crippen LogP contribution in [0.25, 0.3) is 10.9 Å². The number of hydrogen-bond acceptors (Lipinski definition) is 6. The number of primary sulfonamides is 1. The fourth-order valence-corrected chi connectivity index (χ4v) is 4.08. The van der Waals surface area contributed by atoms with Gasteiger partial charge in [0.05, 0.1) is 10.4 Å². The smallest absolute Gasteiger partial charge is 0.238 e. The Morgan fingerprint density at radius 2 is 2.12 bits per heavy atom. The molecule has 0 radical (unpaired) electrons. The molecule has 1 saturated carbocycles. The van der Waals surface area contributed by atoms with Crippen LogP contribution in [0.4, 0.5) is 5.82 Å². The standard InChI is InChI=1S/C16H21N5O2S/c1-16(4-5-16)14-9-18-6-7-21(14)15-12-8-11(24(17,22)23)2-3-13(12)19-10-20-15/h2-3,8,10,14,18H,4-7,9H2,1H3,(H2,17,22,23). The second kappa shape index (κ2) is 5.37. The van der Waals surface area contributed by atoms with Gasteiger partial charge in [-0.3, -0.25) is 0 Å². The van der Waals surface area contributed by atoms with E-state index >= 15 is 0 Å². The van der Waals surface area contributed by atoms with Crippen molar-refractivity contribution in [1.29, 1.82) is 0 Å². The van der Waals surface area contributed by atoms with Gasteiger partial charge in [0.15, 0.2) is 0 Å². The summed E-state index contributed by atoms with van der Waals surface area (Å²) < 4.78 is 23.4. The molecule has 1 aliphatic heterocycles. The molecule has 8 heteroatoms. The van der Waals surface area contributed by atoms with E-state index in [4.69, 9.17) is 5.14 Å². The third-order valence-electron chi connectivity index (χ3n) is 5.27. The Kier molecular flexibility index (Phi) is 3.52. The lowest BCUT2D eigenvalue weighted by atomic mass is 9.95. The van der Waals surface area contributed by atoms with Crippen LogP contribution in [0.5, 0.6) is 0 Å². The van der Waals surface area contributed by atoms with Crippen LogP contribution in [0.3, 0.4) is 0 Å². The highest BCUT2D eigenvalue weighted by Gasteiger charge is 2.48. The molecule has 4 rings (SSSR count). The third kappa shape index (κ3) is 2.64. The molecular formula is C16H21N5O2S. The van der Waals surface area contributed by atoms with Gasteiger partial charge in [-0.2, -0.15) is 0 Å². The van der Waals surface area contributed by atoms with Crippen LogP contribution in [-0.4, -0.2) is 44.1 Å². The number of anilines is 1. The molecule has 1 aromatic carbocycles. The minimum absolute atomic E-state index is 0.0929. The number of hydrogen-bond donors (Lipinski definition) is 2. The summed E-state index contributed by atoms with van der Waals surface area (Å²) in [5.41, 5.74) is 1.02. The zero-order valence-electron chi connectivity index (χ0n) is 13.6. The topological polar surface area (TPSA) is 101 Å². The lowest BCUT2D eigenvalue weighted by Gasteiger charge is -2.41. The minimum atomic E-state index is -3.76. The Morgan fingerprint density at radius 3 is 2.83 bits per heavy atom. The molecule has 1 aromatic heterocycles. The van der Waals surface area contributed by atoms with Crippen LogP contribution in [0.15, 0.2) is 29.4 Å². The number of piperazine rings is 1. The summed E-state index contributed by atoms with van der Waals surface area (Å²) >= 11 is 0. The van der Waals surface area contributed by atoms with Crippen LogP contribution < -0.4 is 15.4 Å². The van der Waals surface area contributed by atoms with E-state index in [1.807, 2.05) is 0 Å². The predicted molar refractivity (Wildman–Crippen MR) is 92.3 cm³/mol. The summed E-state index contributed by atoms with van der Waals surface area (Å²) in [7, 11) is -3.76. The number of benzene rings is 1. The third-order valence-corrected chi connectivity index (χ3v) is 6.18. The number of nitrogens with two attached hydrogens (primary N) is 1. The summed E-state index contributed by atoms with van der Waals surface area (Å²) in [6.45, 7) is 4.94. The second-order valence-corrected chi connectivity index (χ2v) is 8.55. The van der Waals surface area contributed by atoms with Crippen molar-refractivity contribution in [2.45, 2.75) is 30.7 Å². The highest BCUT2D eigenvalue weighted by atomic mass is 32.2. The number of nitrogens with zero attached hydrogens (tertiary/aromatic N) is 3. The molecular weight excluding hydrogens is 326 g/mol. The van der Waals surface area contributed by atoms with E-state index in [9.17, 15) is 8.42 Å². The van der Waals surface area contributed by atoms with E-state index in [0.717, 1.165) is 36.4 Å². The van der Waals surface area contributed by atoms with Crippen molar-refractivity contribution in [2.24, 2.45) is 10.6 Å². The van der Waals surface area contributed by atoms with Gasteiger partial charge in [0.25, 0.3) is 0 Å². The van der Waals surface area contributed by atoms with Crippen molar-refractivity contribution in [2.75, 3.05) is 24.5 Å². The largest absolute Gasteiger partial charge is 0.350 e. The molecule has 2 aromatic rings. The van der Waals surface area contributed by atoms with Crippen molar-refractivity contribution in [3.63, 3.8) is 0 Å². The number of sulfonamides is 1. The molecule has 1 atom stereocenters. The lowest BCUT2D eigenvalue weighted by molar-refractivity contribution is 0.352. The first-order valence-electron chi connectivity index (χ1n) is 8.13. The Labute approximate surface area is 141 Å². The molecule has 1 saturated heterocycles. The molecule has 2 heterocycles. The molecule has 0 spiro atoms.